The molecule has 0 bridgehead atoms. The number of nitrogens with zero attached hydrogens (tertiary/aromatic N) is 5. The maximum absolute atomic E-state index is 12.3. The first kappa shape index (κ1) is 15.1. The van der Waals surface area contributed by atoms with E-state index < -0.39 is 6.04 Å². The fourth-order valence-corrected chi connectivity index (χ4v) is 1.86. The van der Waals surface area contributed by atoms with Crippen molar-refractivity contribution in [2.24, 2.45) is 5.73 Å². The van der Waals surface area contributed by atoms with E-state index in [-0.39, 0.29) is 11.9 Å². The van der Waals surface area contributed by atoms with Crippen molar-refractivity contribution in [3.63, 3.8) is 0 Å². The van der Waals surface area contributed by atoms with Crippen LogP contribution in [-0.4, -0.2) is 50.6 Å². The molecule has 2 unspecified atom stereocenters. The molecule has 2 N–H and O–H groups in total. The average Bonchev–Trinajstić information content (AvgIpc) is 3.02. The maximum atomic E-state index is 12.3. The van der Waals surface area contributed by atoms with Gasteiger partial charge in [0, 0.05) is 25.2 Å². The molecule has 1 aromatic carbocycles. The molecule has 0 saturated carbocycles. The normalized spacial score (nSPS) is 13.7. The summed E-state index contributed by atoms with van der Waals surface area (Å²) in [5, 5.41) is 12.3. The largest absolute Gasteiger partial charge is 0.340 e. The van der Waals surface area contributed by atoms with Crippen LogP contribution in [0.15, 0.2) is 30.3 Å². The Morgan fingerprint density at radius 2 is 2.00 bits per heavy atom. The van der Waals surface area contributed by atoms with Crippen molar-refractivity contribution < 1.29 is 4.79 Å². The third-order valence-electron chi connectivity index (χ3n) is 3.51. The number of hydrogen-bond donors (Lipinski definition) is 1. The molecule has 7 nitrogen and oxygen atoms in total. The zero-order valence-corrected chi connectivity index (χ0v) is 12.5. The Hall–Kier alpha value is -2.28. The van der Waals surface area contributed by atoms with Crippen molar-refractivity contribution in [2.45, 2.75) is 25.9 Å². The van der Waals surface area contributed by atoms with Gasteiger partial charge in [-0.05, 0) is 19.1 Å². The first-order chi connectivity index (χ1) is 10.0. The number of carbonyl (C=O) groups excluding carboxylic acids is 1. The molecule has 21 heavy (non-hydrogen) atoms. The Balaban J connectivity index is 2.16. The summed E-state index contributed by atoms with van der Waals surface area (Å²) in [5.41, 5.74) is 6.45. The van der Waals surface area contributed by atoms with Gasteiger partial charge in [-0.15, -0.1) is 10.2 Å². The number of benzene rings is 1. The molecule has 0 saturated heterocycles. The molecular weight excluding hydrogens is 268 g/mol. The fourth-order valence-electron chi connectivity index (χ4n) is 1.86. The van der Waals surface area contributed by atoms with Crippen molar-refractivity contribution in [3.05, 3.63) is 30.3 Å². The molecule has 1 aromatic heterocycles. The molecular formula is C14H20N6O. The fraction of sp³-hybridized carbons (Fsp3) is 0.429. The van der Waals surface area contributed by atoms with Gasteiger partial charge in [0.05, 0.1) is 0 Å². The second-order valence-corrected chi connectivity index (χ2v) is 5.01. The first-order valence-corrected chi connectivity index (χ1v) is 6.86. The molecule has 0 fully saturated rings. The van der Waals surface area contributed by atoms with Crippen LogP contribution >= 0.6 is 0 Å². The quantitative estimate of drug-likeness (QED) is 0.875. The first-order valence-electron chi connectivity index (χ1n) is 6.86. The maximum Gasteiger partial charge on any atom is 0.249 e. The second-order valence-electron chi connectivity index (χ2n) is 5.01. The van der Waals surface area contributed by atoms with E-state index in [1.54, 1.807) is 18.9 Å². The van der Waals surface area contributed by atoms with Gasteiger partial charge in [-0.3, -0.25) is 4.79 Å². The van der Waals surface area contributed by atoms with Crippen molar-refractivity contribution in [3.8, 4) is 11.4 Å². The van der Waals surface area contributed by atoms with E-state index in [1.807, 2.05) is 37.3 Å². The highest BCUT2D eigenvalue weighted by Crippen LogP contribution is 2.14. The topological polar surface area (TPSA) is 89.9 Å². The van der Waals surface area contributed by atoms with Crippen molar-refractivity contribution in [1.29, 1.82) is 0 Å². The van der Waals surface area contributed by atoms with Gasteiger partial charge in [0.2, 0.25) is 11.7 Å². The van der Waals surface area contributed by atoms with Gasteiger partial charge in [0.25, 0.3) is 0 Å². The zero-order valence-electron chi connectivity index (χ0n) is 12.5. The number of rotatable bonds is 5. The summed E-state index contributed by atoms with van der Waals surface area (Å²) in [6.07, 6.45) is 0. The van der Waals surface area contributed by atoms with Crippen molar-refractivity contribution in [2.75, 3.05) is 13.6 Å². The SMILES string of the molecule is CC(CN)N(C)C(=O)C(C)n1nnc(-c2ccccc2)n1. The molecule has 0 aliphatic carbocycles. The smallest absolute Gasteiger partial charge is 0.249 e. The highest BCUT2D eigenvalue weighted by Gasteiger charge is 2.24. The Morgan fingerprint density at radius 1 is 1.33 bits per heavy atom. The molecule has 2 atom stereocenters. The number of amides is 1. The van der Waals surface area contributed by atoms with Crippen LogP contribution < -0.4 is 5.73 Å². The van der Waals surface area contributed by atoms with Crippen LogP contribution in [0.2, 0.25) is 0 Å². The van der Waals surface area contributed by atoms with Gasteiger partial charge < -0.3 is 10.6 Å². The number of hydrogen-bond acceptors (Lipinski definition) is 5. The predicted molar refractivity (Wildman–Crippen MR) is 79.3 cm³/mol. The average molecular weight is 288 g/mol. The van der Waals surface area contributed by atoms with Gasteiger partial charge in [0.15, 0.2) is 0 Å². The van der Waals surface area contributed by atoms with Crippen LogP contribution in [-0.2, 0) is 4.79 Å². The summed E-state index contributed by atoms with van der Waals surface area (Å²) in [4.78, 5) is 15.3. The standard InChI is InChI=1S/C14H20N6O/c1-10(9-15)19(3)14(21)11(2)20-17-13(16-18-20)12-7-5-4-6-8-12/h4-8,10-11H,9,15H2,1-3H3. The zero-order chi connectivity index (χ0) is 15.4. The summed E-state index contributed by atoms with van der Waals surface area (Å²) in [5.74, 6) is 0.412. The van der Waals surface area contributed by atoms with E-state index in [9.17, 15) is 4.79 Å². The molecule has 2 aromatic rings. The van der Waals surface area contributed by atoms with E-state index in [4.69, 9.17) is 5.73 Å². The molecule has 1 amide bonds. The monoisotopic (exact) mass is 288 g/mol. The number of likely N-dealkylation sites (N-methyl/N-ethyl adjacent to an activating group) is 1. The summed E-state index contributed by atoms with van der Waals surface area (Å²) in [6.45, 7) is 4.06. The summed E-state index contributed by atoms with van der Waals surface area (Å²) in [7, 11) is 1.73. The van der Waals surface area contributed by atoms with Crippen molar-refractivity contribution in [1.82, 2.24) is 25.1 Å². The Kier molecular flexibility index (Phi) is 4.64. The lowest BCUT2D eigenvalue weighted by Gasteiger charge is -2.25. The third kappa shape index (κ3) is 3.25. The minimum atomic E-state index is -0.519. The van der Waals surface area contributed by atoms with Crippen LogP contribution in [0.1, 0.15) is 19.9 Å². The third-order valence-corrected chi connectivity index (χ3v) is 3.51. The van der Waals surface area contributed by atoms with Crippen LogP contribution in [0.25, 0.3) is 11.4 Å². The summed E-state index contributed by atoms with van der Waals surface area (Å²) in [6, 6.07) is 8.98. The molecule has 1 heterocycles. The molecule has 0 radical (unpaired) electrons. The molecule has 0 spiro atoms. The minimum Gasteiger partial charge on any atom is -0.340 e. The van der Waals surface area contributed by atoms with E-state index in [0.717, 1.165) is 5.56 Å². The van der Waals surface area contributed by atoms with E-state index >= 15 is 0 Å². The molecule has 0 aliphatic rings. The van der Waals surface area contributed by atoms with Crippen LogP contribution in [0.3, 0.4) is 0 Å². The van der Waals surface area contributed by atoms with Gasteiger partial charge in [-0.1, -0.05) is 30.3 Å². The van der Waals surface area contributed by atoms with Gasteiger partial charge >= 0.3 is 0 Å². The number of carbonyl (C=O) groups is 1. The molecule has 2 rings (SSSR count). The molecule has 0 aliphatic heterocycles. The van der Waals surface area contributed by atoms with Crippen LogP contribution in [0.4, 0.5) is 0 Å². The number of nitrogens with two attached hydrogens (primary N) is 1. The van der Waals surface area contributed by atoms with Crippen molar-refractivity contribution >= 4 is 5.91 Å². The Bertz CT molecular complexity index is 597. The number of aromatic nitrogens is 4. The number of tetrazole rings is 1. The summed E-state index contributed by atoms with van der Waals surface area (Å²) >= 11 is 0. The predicted octanol–water partition coefficient (Wildman–Crippen LogP) is 0.707. The van der Waals surface area contributed by atoms with Gasteiger partial charge in [-0.25, -0.2) is 0 Å². The lowest BCUT2D eigenvalue weighted by atomic mass is 10.2. The van der Waals surface area contributed by atoms with Gasteiger partial charge in [-0.2, -0.15) is 4.80 Å². The minimum absolute atomic E-state index is 0.0305. The Morgan fingerprint density at radius 3 is 2.62 bits per heavy atom. The summed E-state index contributed by atoms with van der Waals surface area (Å²) < 4.78 is 0. The van der Waals surface area contributed by atoms with E-state index in [2.05, 4.69) is 15.4 Å². The molecule has 7 heteroatoms. The molecule has 112 valence electrons. The van der Waals surface area contributed by atoms with Crippen LogP contribution in [0, 0.1) is 0 Å². The van der Waals surface area contributed by atoms with E-state index in [1.165, 1.54) is 4.80 Å². The lowest BCUT2D eigenvalue weighted by molar-refractivity contribution is -0.135. The van der Waals surface area contributed by atoms with Crippen LogP contribution in [0.5, 0.6) is 0 Å². The van der Waals surface area contributed by atoms with E-state index in [0.29, 0.717) is 12.4 Å². The second kappa shape index (κ2) is 6.45. The highest BCUT2D eigenvalue weighted by atomic mass is 16.2. The Labute approximate surface area is 123 Å². The highest BCUT2D eigenvalue weighted by molar-refractivity contribution is 5.79. The lowest BCUT2D eigenvalue weighted by Crippen LogP contribution is -2.43. The van der Waals surface area contributed by atoms with Gasteiger partial charge in [0.1, 0.15) is 6.04 Å².